The molecule has 0 saturated heterocycles. The van der Waals surface area contributed by atoms with Crippen molar-refractivity contribution in [3.8, 4) is 0 Å². The molecule has 0 atom stereocenters. The van der Waals surface area contributed by atoms with Gasteiger partial charge >= 0.3 is 0 Å². The van der Waals surface area contributed by atoms with Crippen molar-refractivity contribution in [1.29, 1.82) is 0 Å². The standard InChI is InChI=1S/C12H12ClN5S/c1-2-10-15-16-12-18(10)17-11(19-12)7-14-9-5-3-4-8(13)6-9/h3-6,14H,2,7H2,1H3. The van der Waals surface area contributed by atoms with Crippen molar-refractivity contribution in [3.05, 3.63) is 40.1 Å². The van der Waals surface area contributed by atoms with Crippen LogP contribution in [0.15, 0.2) is 24.3 Å². The fourth-order valence-corrected chi connectivity index (χ4v) is 2.75. The number of nitrogens with one attached hydrogen (secondary N) is 1. The molecule has 2 aromatic heterocycles. The molecule has 0 amide bonds. The topological polar surface area (TPSA) is 55.1 Å². The van der Waals surface area contributed by atoms with Gasteiger partial charge in [-0.3, -0.25) is 0 Å². The highest BCUT2D eigenvalue weighted by Crippen LogP contribution is 2.18. The van der Waals surface area contributed by atoms with E-state index in [1.807, 2.05) is 31.2 Å². The van der Waals surface area contributed by atoms with E-state index in [-0.39, 0.29) is 0 Å². The van der Waals surface area contributed by atoms with Gasteiger partial charge < -0.3 is 5.32 Å². The molecule has 0 unspecified atom stereocenters. The first-order valence-electron chi connectivity index (χ1n) is 5.95. The van der Waals surface area contributed by atoms with E-state index in [0.29, 0.717) is 6.54 Å². The van der Waals surface area contributed by atoms with Crippen LogP contribution in [-0.4, -0.2) is 19.8 Å². The highest BCUT2D eigenvalue weighted by atomic mass is 35.5. The van der Waals surface area contributed by atoms with Crippen molar-refractivity contribution in [2.24, 2.45) is 0 Å². The Morgan fingerprint density at radius 3 is 3.05 bits per heavy atom. The molecule has 1 N–H and O–H groups in total. The van der Waals surface area contributed by atoms with Crippen LogP contribution in [-0.2, 0) is 13.0 Å². The lowest BCUT2D eigenvalue weighted by atomic mass is 10.3. The number of hydrogen-bond donors (Lipinski definition) is 1. The normalized spacial score (nSPS) is 11.1. The van der Waals surface area contributed by atoms with Gasteiger partial charge in [0.15, 0.2) is 5.82 Å². The zero-order valence-corrected chi connectivity index (χ0v) is 11.9. The summed E-state index contributed by atoms with van der Waals surface area (Å²) in [6.07, 6.45) is 0.825. The molecule has 3 rings (SSSR count). The van der Waals surface area contributed by atoms with E-state index < -0.39 is 0 Å². The third-order valence-electron chi connectivity index (χ3n) is 2.68. The van der Waals surface area contributed by atoms with Crippen LogP contribution in [0, 0.1) is 0 Å². The lowest BCUT2D eigenvalue weighted by molar-refractivity contribution is 0.815. The Kier molecular flexibility index (Phi) is 3.35. The van der Waals surface area contributed by atoms with Crippen LogP contribution in [0.3, 0.4) is 0 Å². The molecule has 0 spiro atoms. The monoisotopic (exact) mass is 293 g/mol. The van der Waals surface area contributed by atoms with Crippen molar-refractivity contribution >= 4 is 33.6 Å². The second-order valence-electron chi connectivity index (χ2n) is 4.02. The van der Waals surface area contributed by atoms with Crippen LogP contribution in [0.5, 0.6) is 0 Å². The van der Waals surface area contributed by atoms with E-state index >= 15 is 0 Å². The van der Waals surface area contributed by atoms with E-state index in [1.165, 1.54) is 11.3 Å². The molecule has 0 saturated carbocycles. The average Bonchev–Trinajstić information content (AvgIpc) is 2.95. The molecule has 98 valence electrons. The highest BCUT2D eigenvalue weighted by molar-refractivity contribution is 7.16. The predicted molar refractivity (Wildman–Crippen MR) is 76.8 cm³/mol. The molecule has 0 aliphatic carbocycles. The number of fused-ring (bicyclic) bond motifs is 1. The molecule has 19 heavy (non-hydrogen) atoms. The maximum absolute atomic E-state index is 5.94. The summed E-state index contributed by atoms with van der Waals surface area (Å²) in [5, 5.41) is 17.6. The smallest absolute Gasteiger partial charge is 0.234 e. The van der Waals surface area contributed by atoms with E-state index in [9.17, 15) is 0 Å². The van der Waals surface area contributed by atoms with Crippen molar-refractivity contribution in [2.75, 3.05) is 5.32 Å². The summed E-state index contributed by atoms with van der Waals surface area (Å²) in [5.41, 5.74) is 0.981. The first-order chi connectivity index (χ1) is 9.26. The van der Waals surface area contributed by atoms with Gasteiger partial charge in [-0.25, -0.2) is 0 Å². The van der Waals surface area contributed by atoms with Crippen molar-refractivity contribution in [1.82, 2.24) is 19.8 Å². The van der Waals surface area contributed by atoms with E-state index in [1.54, 1.807) is 4.52 Å². The van der Waals surface area contributed by atoms with Crippen LogP contribution in [0.4, 0.5) is 5.69 Å². The molecule has 2 heterocycles. The molecule has 1 aromatic carbocycles. The second kappa shape index (κ2) is 5.14. The van der Waals surface area contributed by atoms with Crippen molar-refractivity contribution in [2.45, 2.75) is 19.9 Å². The second-order valence-corrected chi connectivity index (χ2v) is 5.50. The molecule has 7 heteroatoms. The average molecular weight is 294 g/mol. The molecule has 0 bridgehead atoms. The van der Waals surface area contributed by atoms with E-state index in [2.05, 4.69) is 20.6 Å². The van der Waals surface area contributed by atoms with Gasteiger partial charge in [-0.05, 0) is 18.2 Å². The number of anilines is 1. The third-order valence-corrected chi connectivity index (χ3v) is 3.82. The fraction of sp³-hybridized carbons (Fsp3) is 0.250. The molecule has 3 aromatic rings. The summed E-state index contributed by atoms with van der Waals surface area (Å²) in [5.74, 6) is 0.889. The third kappa shape index (κ3) is 2.54. The summed E-state index contributed by atoms with van der Waals surface area (Å²) >= 11 is 7.48. The lowest BCUT2D eigenvalue weighted by Gasteiger charge is -2.03. The van der Waals surface area contributed by atoms with Crippen LogP contribution in [0.25, 0.3) is 4.96 Å². The SMILES string of the molecule is CCc1nnc2sc(CNc3cccc(Cl)c3)nn12. The van der Waals surface area contributed by atoms with Crippen LogP contribution in [0.2, 0.25) is 5.02 Å². The summed E-state index contributed by atoms with van der Waals surface area (Å²) in [6, 6.07) is 7.63. The van der Waals surface area contributed by atoms with Gasteiger partial charge in [0.25, 0.3) is 0 Å². The Morgan fingerprint density at radius 2 is 2.26 bits per heavy atom. The Morgan fingerprint density at radius 1 is 1.37 bits per heavy atom. The maximum atomic E-state index is 5.94. The predicted octanol–water partition coefficient (Wildman–Crippen LogP) is 3.01. The highest BCUT2D eigenvalue weighted by Gasteiger charge is 2.09. The molecule has 5 nitrogen and oxygen atoms in total. The Hall–Kier alpha value is -1.66. The van der Waals surface area contributed by atoms with Gasteiger partial charge in [0.05, 0.1) is 6.54 Å². The summed E-state index contributed by atoms with van der Waals surface area (Å²) in [6.45, 7) is 2.69. The molecule has 0 fully saturated rings. The van der Waals surface area contributed by atoms with Crippen molar-refractivity contribution in [3.63, 3.8) is 0 Å². The van der Waals surface area contributed by atoms with E-state index in [0.717, 1.165) is 32.9 Å². The summed E-state index contributed by atoms with van der Waals surface area (Å²) < 4.78 is 1.81. The number of benzene rings is 1. The minimum atomic E-state index is 0.650. The molecule has 0 radical (unpaired) electrons. The van der Waals surface area contributed by atoms with Crippen LogP contribution < -0.4 is 5.32 Å². The molecule has 0 aliphatic rings. The number of aryl methyl sites for hydroxylation is 1. The zero-order valence-electron chi connectivity index (χ0n) is 10.3. The van der Waals surface area contributed by atoms with Gasteiger partial charge in [-0.1, -0.05) is 35.9 Å². The first kappa shape index (κ1) is 12.4. The van der Waals surface area contributed by atoms with Crippen LogP contribution >= 0.6 is 22.9 Å². The summed E-state index contributed by atoms with van der Waals surface area (Å²) in [7, 11) is 0. The molecular weight excluding hydrogens is 282 g/mol. The van der Waals surface area contributed by atoms with Gasteiger partial charge in [0.1, 0.15) is 5.01 Å². The van der Waals surface area contributed by atoms with Gasteiger partial charge in [0.2, 0.25) is 4.96 Å². The van der Waals surface area contributed by atoms with Gasteiger partial charge in [0, 0.05) is 17.1 Å². The minimum Gasteiger partial charge on any atom is -0.378 e. The molecular formula is C12H12ClN5S. The zero-order chi connectivity index (χ0) is 13.2. The fourth-order valence-electron chi connectivity index (χ4n) is 1.77. The number of hydrogen-bond acceptors (Lipinski definition) is 5. The van der Waals surface area contributed by atoms with Crippen LogP contribution in [0.1, 0.15) is 17.8 Å². The number of rotatable bonds is 4. The maximum Gasteiger partial charge on any atom is 0.234 e. The number of nitrogens with zero attached hydrogens (tertiary/aromatic N) is 4. The van der Waals surface area contributed by atoms with Gasteiger partial charge in [-0.15, -0.1) is 10.2 Å². The number of halogens is 1. The Labute approximate surface area is 119 Å². The van der Waals surface area contributed by atoms with E-state index in [4.69, 9.17) is 11.6 Å². The first-order valence-corrected chi connectivity index (χ1v) is 7.15. The Balaban J connectivity index is 1.76. The van der Waals surface area contributed by atoms with Crippen molar-refractivity contribution < 1.29 is 0 Å². The Bertz CT molecular complexity index is 705. The lowest BCUT2D eigenvalue weighted by Crippen LogP contribution is -2.01. The summed E-state index contributed by atoms with van der Waals surface area (Å²) in [4.78, 5) is 0.833. The molecule has 0 aliphatic heterocycles. The minimum absolute atomic E-state index is 0.650. The van der Waals surface area contributed by atoms with Gasteiger partial charge in [-0.2, -0.15) is 9.61 Å². The largest absolute Gasteiger partial charge is 0.378 e. The number of aromatic nitrogens is 4. The quantitative estimate of drug-likeness (QED) is 0.803.